The third kappa shape index (κ3) is 5.02. The number of furan rings is 1. The second-order valence-electron chi connectivity index (χ2n) is 6.07. The quantitative estimate of drug-likeness (QED) is 0.598. The molecular weight excluding hydrogens is 380 g/mol. The van der Waals surface area contributed by atoms with Gasteiger partial charge in [-0.15, -0.1) is 0 Å². The minimum Gasteiger partial charge on any atom is -0.463 e. The summed E-state index contributed by atoms with van der Waals surface area (Å²) in [7, 11) is -3.65. The molecule has 1 amide bonds. The molecule has 3 rings (SSSR count). The molecule has 0 fully saturated rings. The van der Waals surface area contributed by atoms with Gasteiger partial charge in [0.05, 0.1) is 23.4 Å². The summed E-state index contributed by atoms with van der Waals surface area (Å²) in [5.74, 6) is 0.256. The highest BCUT2D eigenvalue weighted by Gasteiger charge is 2.15. The van der Waals surface area contributed by atoms with Gasteiger partial charge >= 0.3 is 0 Å². The van der Waals surface area contributed by atoms with Gasteiger partial charge < -0.3 is 9.73 Å². The van der Waals surface area contributed by atoms with Crippen LogP contribution >= 0.6 is 0 Å². The number of amides is 1. The summed E-state index contributed by atoms with van der Waals surface area (Å²) in [6.45, 7) is 1.97. The molecule has 0 aliphatic rings. The smallest absolute Gasteiger partial charge is 0.240 e. The Morgan fingerprint density at radius 2 is 1.96 bits per heavy atom. The molecule has 0 aliphatic carbocycles. The van der Waals surface area contributed by atoms with E-state index in [0.717, 1.165) is 5.56 Å². The van der Waals surface area contributed by atoms with Crippen LogP contribution in [0, 0.1) is 6.92 Å². The normalized spacial score (nSPS) is 11.3. The van der Waals surface area contributed by atoms with Gasteiger partial charge in [0.15, 0.2) is 5.76 Å². The van der Waals surface area contributed by atoms with Crippen molar-refractivity contribution in [2.75, 3.05) is 6.54 Å². The SMILES string of the molecule is Cc1cccc(S(=O)(=O)NCCC(=O)NCc2nccnc2-c2ccco2)c1. The van der Waals surface area contributed by atoms with Gasteiger partial charge in [-0.3, -0.25) is 9.78 Å². The van der Waals surface area contributed by atoms with Crippen molar-refractivity contribution in [1.82, 2.24) is 20.0 Å². The Balaban J connectivity index is 1.52. The largest absolute Gasteiger partial charge is 0.463 e. The Morgan fingerprint density at radius 3 is 2.71 bits per heavy atom. The molecule has 2 aromatic heterocycles. The molecule has 0 saturated carbocycles. The maximum absolute atomic E-state index is 12.2. The average Bonchev–Trinajstić information content (AvgIpc) is 3.21. The van der Waals surface area contributed by atoms with Gasteiger partial charge in [-0.25, -0.2) is 18.1 Å². The van der Waals surface area contributed by atoms with Crippen LogP contribution in [0.2, 0.25) is 0 Å². The summed E-state index contributed by atoms with van der Waals surface area (Å²) in [4.78, 5) is 20.7. The van der Waals surface area contributed by atoms with Gasteiger partial charge in [-0.05, 0) is 36.8 Å². The fourth-order valence-electron chi connectivity index (χ4n) is 2.55. The van der Waals surface area contributed by atoms with Crippen molar-refractivity contribution < 1.29 is 17.6 Å². The van der Waals surface area contributed by atoms with E-state index >= 15 is 0 Å². The molecule has 0 saturated heterocycles. The summed E-state index contributed by atoms with van der Waals surface area (Å²) >= 11 is 0. The van der Waals surface area contributed by atoms with E-state index in [1.165, 1.54) is 18.5 Å². The Labute approximate surface area is 163 Å². The summed E-state index contributed by atoms with van der Waals surface area (Å²) in [6, 6.07) is 10.1. The van der Waals surface area contributed by atoms with Crippen molar-refractivity contribution in [3.8, 4) is 11.5 Å². The Morgan fingerprint density at radius 1 is 1.14 bits per heavy atom. The van der Waals surface area contributed by atoms with Crippen LogP contribution in [0.25, 0.3) is 11.5 Å². The number of hydrogen-bond acceptors (Lipinski definition) is 6. The molecule has 0 radical (unpaired) electrons. The summed E-state index contributed by atoms with van der Waals surface area (Å²) < 4.78 is 32.3. The fourth-order valence-corrected chi connectivity index (χ4v) is 3.69. The predicted octanol–water partition coefficient (Wildman–Crippen LogP) is 2.03. The first kappa shape index (κ1) is 19.7. The Bertz CT molecular complexity index is 1050. The van der Waals surface area contributed by atoms with Gasteiger partial charge in [0.2, 0.25) is 15.9 Å². The molecule has 0 aliphatic heterocycles. The van der Waals surface area contributed by atoms with Gasteiger partial charge in [-0.1, -0.05) is 12.1 Å². The van der Waals surface area contributed by atoms with E-state index in [1.807, 2.05) is 13.0 Å². The highest BCUT2D eigenvalue weighted by atomic mass is 32.2. The van der Waals surface area contributed by atoms with Crippen molar-refractivity contribution in [2.45, 2.75) is 24.8 Å². The van der Waals surface area contributed by atoms with E-state index in [9.17, 15) is 13.2 Å². The maximum atomic E-state index is 12.2. The lowest BCUT2D eigenvalue weighted by Gasteiger charge is -2.09. The Kier molecular flexibility index (Phi) is 6.17. The Hall–Kier alpha value is -3.04. The lowest BCUT2D eigenvalue weighted by atomic mass is 10.2. The topological polar surface area (TPSA) is 114 Å². The summed E-state index contributed by atoms with van der Waals surface area (Å²) in [5.41, 5.74) is 1.95. The fraction of sp³-hybridized carbons (Fsp3) is 0.211. The number of nitrogens with zero attached hydrogens (tertiary/aromatic N) is 2. The van der Waals surface area contributed by atoms with Crippen molar-refractivity contribution in [2.24, 2.45) is 0 Å². The minimum absolute atomic E-state index is 0.00138. The van der Waals surface area contributed by atoms with Gasteiger partial charge in [0.1, 0.15) is 5.69 Å². The zero-order valence-corrected chi connectivity index (χ0v) is 16.1. The van der Waals surface area contributed by atoms with Crippen molar-refractivity contribution >= 4 is 15.9 Å². The van der Waals surface area contributed by atoms with Gasteiger partial charge in [0.25, 0.3) is 0 Å². The highest BCUT2D eigenvalue weighted by Crippen LogP contribution is 2.19. The number of aromatic nitrogens is 2. The number of aryl methyl sites for hydroxylation is 1. The van der Waals surface area contributed by atoms with Crippen LogP contribution in [-0.4, -0.2) is 30.8 Å². The monoisotopic (exact) mass is 400 g/mol. The van der Waals surface area contributed by atoms with Crippen LogP contribution < -0.4 is 10.0 Å². The molecule has 0 unspecified atom stereocenters. The van der Waals surface area contributed by atoms with E-state index in [2.05, 4.69) is 20.0 Å². The molecule has 28 heavy (non-hydrogen) atoms. The third-order valence-electron chi connectivity index (χ3n) is 3.93. The molecule has 0 spiro atoms. The number of sulfonamides is 1. The second-order valence-corrected chi connectivity index (χ2v) is 7.84. The van der Waals surface area contributed by atoms with Crippen molar-refractivity contribution in [1.29, 1.82) is 0 Å². The highest BCUT2D eigenvalue weighted by molar-refractivity contribution is 7.89. The number of hydrogen-bond donors (Lipinski definition) is 2. The summed E-state index contributed by atoms with van der Waals surface area (Å²) in [5, 5.41) is 2.72. The zero-order chi connectivity index (χ0) is 20.0. The van der Waals surface area contributed by atoms with E-state index < -0.39 is 10.0 Å². The lowest BCUT2D eigenvalue weighted by molar-refractivity contribution is -0.121. The molecule has 0 atom stereocenters. The molecule has 2 heterocycles. The van der Waals surface area contributed by atoms with Crippen molar-refractivity contribution in [3.63, 3.8) is 0 Å². The second kappa shape index (κ2) is 8.77. The van der Waals surface area contributed by atoms with Crippen molar-refractivity contribution in [3.05, 3.63) is 66.3 Å². The maximum Gasteiger partial charge on any atom is 0.240 e. The van der Waals surface area contributed by atoms with Crippen LogP contribution in [0.1, 0.15) is 17.7 Å². The molecule has 2 N–H and O–H groups in total. The number of carbonyl (C=O) groups excluding carboxylic acids is 1. The molecule has 9 heteroatoms. The number of carbonyl (C=O) groups is 1. The van der Waals surface area contributed by atoms with Gasteiger partial charge in [-0.2, -0.15) is 0 Å². The third-order valence-corrected chi connectivity index (χ3v) is 5.38. The first-order valence-electron chi connectivity index (χ1n) is 8.62. The number of nitrogens with one attached hydrogen (secondary N) is 2. The number of benzene rings is 1. The first-order chi connectivity index (χ1) is 13.5. The number of rotatable bonds is 8. The molecule has 0 bridgehead atoms. The standard InChI is InChI=1S/C19H20N4O4S/c1-14-4-2-5-15(12-14)28(25,26)23-8-7-18(24)22-13-16-19(21-10-9-20-16)17-6-3-11-27-17/h2-6,9-12,23H,7-8,13H2,1H3,(H,22,24). The van der Waals surface area contributed by atoms with Crippen LogP contribution in [0.15, 0.2) is 64.4 Å². The minimum atomic E-state index is -3.65. The summed E-state index contributed by atoms with van der Waals surface area (Å²) in [6.07, 6.45) is 4.61. The van der Waals surface area contributed by atoms with E-state index in [4.69, 9.17) is 4.42 Å². The predicted molar refractivity (Wildman–Crippen MR) is 103 cm³/mol. The molecule has 146 valence electrons. The van der Waals surface area contributed by atoms with Crippen LogP contribution in [-0.2, 0) is 21.4 Å². The van der Waals surface area contributed by atoms with Gasteiger partial charge in [0, 0.05) is 25.4 Å². The van der Waals surface area contributed by atoms with E-state index in [0.29, 0.717) is 17.1 Å². The molecular formula is C19H20N4O4S. The molecule has 8 nitrogen and oxygen atoms in total. The van der Waals surface area contributed by atoms with Crippen LogP contribution in [0.3, 0.4) is 0 Å². The van der Waals surface area contributed by atoms with Crippen LogP contribution in [0.4, 0.5) is 0 Å². The zero-order valence-electron chi connectivity index (χ0n) is 15.3. The average molecular weight is 400 g/mol. The van der Waals surface area contributed by atoms with Crippen LogP contribution in [0.5, 0.6) is 0 Å². The molecule has 3 aromatic rings. The van der Waals surface area contributed by atoms with E-state index in [-0.39, 0.29) is 30.3 Å². The lowest BCUT2D eigenvalue weighted by Crippen LogP contribution is -2.31. The first-order valence-corrected chi connectivity index (χ1v) is 10.1. The molecule has 1 aromatic carbocycles. The van der Waals surface area contributed by atoms with E-state index in [1.54, 1.807) is 30.5 Å².